The lowest BCUT2D eigenvalue weighted by Gasteiger charge is -2.04. The van der Waals surface area contributed by atoms with Crippen molar-refractivity contribution in [3.05, 3.63) is 57.0 Å². The summed E-state index contributed by atoms with van der Waals surface area (Å²) in [6.45, 7) is 0. The van der Waals surface area contributed by atoms with E-state index in [-0.39, 0.29) is 11.8 Å². The van der Waals surface area contributed by atoms with Crippen LogP contribution in [0.2, 0.25) is 5.02 Å². The van der Waals surface area contributed by atoms with E-state index < -0.39 is 0 Å². The van der Waals surface area contributed by atoms with E-state index in [9.17, 15) is 9.59 Å². The van der Waals surface area contributed by atoms with Crippen molar-refractivity contribution in [3.8, 4) is 0 Å². The molecule has 4 rings (SSSR count). The predicted octanol–water partition coefficient (Wildman–Crippen LogP) is 3.92. The van der Waals surface area contributed by atoms with Crippen molar-refractivity contribution >= 4 is 61.9 Å². The highest BCUT2D eigenvalue weighted by atomic mass is 79.9. The highest BCUT2D eigenvalue weighted by Gasteiger charge is 2.35. The Morgan fingerprint density at radius 1 is 0.818 bits per heavy atom. The van der Waals surface area contributed by atoms with E-state index >= 15 is 0 Å². The van der Waals surface area contributed by atoms with Crippen LogP contribution in [0.25, 0.3) is 11.1 Å². The van der Waals surface area contributed by atoms with Crippen LogP contribution in [0.3, 0.4) is 0 Å². The summed E-state index contributed by atoms with van der Waals surface area (Å²) < 4.78 is 0.838. The number of carbonyl (C=O) groups excluding carboxylic acids is 2. The van der Waals surface area contributed by atoms with Crippen molar-refractivity contribution in [1.82, 2.24) is 0 Å². The van der Waals surface area contributed by atoms with Gasteiger partial charge in [0.1, 0.15) is 0 Å². The number of carbonyl (C=O) groups is 2. The van der Waals surface area contributed by atoms with E-state index in [2.05, 4.69) is 26.6 Å². The van der Waals surface area contributed by atoms with Gasteiger partial charge in [0.25, 0.3) is 11.8 Å². The van der Waals surface area contributed by atoms with Crippen molar-refractivity contribution in [2.24, 2.45) is 0 Å². The standard InChI is InChI=1S/C16H8BrClN2O2/c17-7-1-3-11-9(5-7)13(15(21)19-11)14-10-6-8(18)2-4-12(10)20-16(14)22/h1-6H,(H,19,21)(H,20,22)/b14-13+. The van der Waals surface area contributed by atoms with E-state index in [4.69, 9.17) is 11.6 Å². The van der Waals surface area contributed by atoms with Crippen molar-refractivity contribution < 1.29 is 9.59 Å². The summed E-state index contributed by atoms with van der Waals surface area (Å²) in [5.74, 6) is -0.582. The van der Waals surface area contributed by atoms with Gasteiger partial charge in [0.15, 0.2) is 0 Å². The molecule has 0 fully saturated rings. The predicted molar refractivity (Wildman–Crippen MR) is 89.7 cm³/mol. The third-order valence-electron chi connectivity index (χ3n) is 3.70. The van der Waals surface area contributed by atoms with Gasteiger partial charge in [-0.05, 0) is 36.4 Å². The molecule has 0 atom stereocenters. The van der Waals surface area contributed by atoms with Crippen molar-refractivity contribution in [2.75, 3.05) is 10.6 Å². The molecule has 2 N–H and O–H groups in total. The number of hydrogen-bond donors (Lipinski definition) is 2. The molecule has 0 aliphatic carbocycles. The van der Waals surface area contributed by atoms with Gasteiger partial charge in [-0.15, -0.1) is 0 Å². The lowest BCUT2D eigenvalue weighted by Crippen LogP contribution is -2.10. The Kier molecular flexibility index (Phi) is 2.89. The topological polar surface area (TPSA) is 58.2 Å². The number of hydrogen-bond acceptors (Lipinski definition) is 2. The molecular formula is C16H8BrClN2O2. The lowest BCUT2D eigenvalue weighted by atomic mass is 9.96. The van der Waals surface area contributed by atoms with Gasteiger partial charge in [-0.25, -0.2) is 0 Å². The molecule has 2 aromatic carbocycles. The maximum atomic E-state index is 12.4. The Hall–Kier alpha value is -2.11. The third kappa shape index (κ3) is 1.90. The zero-order valence-electron chi connectivity index (χ0n) is 11.0. The van der Waals surface area contributed by atoms with Crippen LogP contribution in [0.15, 0.2) is 40.9 Å². The molecule has 4 nitrogen and oxygen atoms in total. The molecular weight excluding hydrogens is 368 g/mol. The molecule has 2 aliphatic heterocycles. The lowest BCUT2D eigenvalue weighted by molar-refractivity contribution is -0.112. The fourth-order valence-electron chi connectivity index (χ4n) is 2.78. The molecule has 0 saturated heterocycles. The van der Waals surface area contributed by atoms with Gasteiger partial charge in [-0.1, -0.05) is 27.5 Å². The molecule has 2 aliphatic rings. The third-order valence-corrected chi connectivity index (χ3v) is 4.43. The minimum atomic E-state index is -0.296. The summed E-state index contributed by atoms with van der Waals surface area (Å²) in [5, 5.41) is 6.07. The molecule has 2 heterocycles. The SMILES string of the molecule is O=C1Nc2ccc(Cl)cc2/C1=C1\C(=O)Nc2ccc(Br)cc21. The number of halogens is 2. The maximum absolute atomic E-state index is 12.4. The highest BCUT2D eigenvalue weighted by Crippen LogP contribution is 2.43. The fourth-order valence-corrected chi connectivity index (χ4v) is 3.31. The van der Waals surface area contributed by atoms with Crippen molar-refractivity contribution in [2.45, 2.75) is 0 Å². The number of amides is 2. The number of fused-ring (bicyclic) bond motifs is 2. The molecule has 108 valence electrons. The minimum Gasteiger partial charge on any atom is -0.321 e. The summed E-state index contributed by atoms with van der Waals surface area (Å²) in [7, 11) is 0. The normalized spacial score (nSPS) is 18.8. The van der Waals surface area contributed by atoms with Gasteiger partial charge in [-0.2, -0.15) is 0 Å². The summed E-state index contributed by atoms with van der Waals surface area (Å²) in [4.78, 5) is 24.7. The van der Waals surface area contributed by atoms with E-state index in [1.54, 1.807) is 24.3 Å². The highest BCUT2D eigenvalue weighted by molar-refractivity contribution is 9.10. The number of nitrogens with one attached hydrogen (secondary N) is 2. The van der Waals surface area contributed by atoms with Crippen LogP contribution >= 0.6 is 27.5 Å². The van der Waals surface area contributed by atoms with Gasteiger partial charge in [0.2, 0.25) is 0 Å². The first kappa shape index (κ1) is 13.5. The summed E-state index contributed by atoms with van der Waals surface area (Å²) in [6.07, 6.45) is 0. The van der Waals surface area contributed by atoms with Crippen LogP contribution in [-0.4, -0.2) is 11.8 Å². The van der Waals surface area contributed by atoms with Crippen LogP contribution in [0, 0.1) is 0 Å². The Balaban J connectivity index is 2.04. The number of anilines is 2. The van der Waals surface area contributed by atoms with Gasteiger partial charge >= 0.3 is 0 Å². The van der Waals surface area contributed by atoms with Gasteiger partial charge in [0, 0.05) is 32.0 Å². The van der Waals surface area contributed by atoms with Gasteiger partial charge < -0.3 is 10.6 Å². The molecule has 2 aromatic rings. The molecule has 0 aromatic heterocycles. The van der Waals surface area contributed by atoms with E-state index in [1.165, 1.54) is 0 Å². The van der Waals surface area contributed by atoms with Crippen LogP contribution in [0.5, 0.6) is 0 Å². The first-order valence-electron chi connectivity index (χ1n) is 6.51. The molecule has 0 bridgehead atoms. The fraction of sp³-hybridized carbons (Fsp3) is 0. The summed E-state index contributed by atoms with van der Waals surface area (Å²) in [5.41, 5.74) is 3.43. The Bertz CT molecular complexity index is 832. The zero-order valence-corrected chi connectivity index (χ0v) is 13.4. The van der Waals surface area contributed by atoms with Crippen molar-refractivity contribution in [1.29, 1.82) is 0 Å². The van der Waals surface area contributed by atoms with E-state index in [0.717, 1.165) is 4.47 Å². The average molecular weight is 376 g/mol. The van der Waals surface area contributed by atoms with Crippen LogP contribution in [0.4, 0.5) is 11.4 Å². The summed E-state index contributed by atoms with van der Waals surface area (Å²) in [6, 6.07) is 10.6. The average Bonchev–Trinajstić information content (AvgIpc) is 2.94. The second-order valence-corrected chi connectivity index (χ2v) is 6.39. The Labute approximate surface area is 139 Å². The molecule has 22 heavy (non-hydrogen) atoms. The van der Waals surface area contributed by atoms with Gasteiger partial charge in [-0.3, -0.25) is 9.59 Å². The monoisotopic (exact) mass is 374 g/mol. The summed E-state index contributed by atoms with van der Waals surface area (Å²) >= 11 is 9.43. The Morgan fingerprint density at radius 2 is 1.36 bits per heavy atom. The molecule has 0 radical (unpaired) electrons. The smallest absolute Gasteiger partial charge is 0.257 e. The zero-order chi connectivity index (χ0) is 15.4. The number of rotatable bonds is 0. The first-order chi connectivity index (χ1) is 10.5. The van der Waals surface area contributed by atoms with E-state index in [0.29, 0.717) is 38.7 Å². The van der Waals surface area contributed by atoms with Crippen molar-refractivity contribution in [3.63, 3.8) is 0 Å². The Morgan fingerprint density at radius 3 is 2.00 bits per heavy atom. The molecule has 0 unspecified atom stereocenters. The van der Waals surface area contributed by atoms with Crippen LogP contribution in [0.1, 0.15) is 11.1 Å². The molecule has 6 heteroatoms. The van der Waals surface area contributed by atoms with Crippen LogP contribution < -0.4 is 10.6 Å². The second-order valence-electron chi connectivity index (χ2n) is 5.04. The quantitative estimate of drug-likeness (QED) is 0.686. The first-order valence-corrected chi connectivity index (χ1v) is 7.68. The van der Waals surface area contributed by atoms with Gasteiger partial charge in [0.05, 0.1) is 11.1 Å². The number of benzene rings is 2. The molecule has 2 amide bonds. The second kappa shape index (κ2) is 4.69. The molecule has 0 spiro atoms. The maximum Gasteiger partial charge on any atom is 0.257 e. The van der Waals surface area contributed by atoms with E-state index in [1.807, 2.05) is 12.1 Å². The van der Waals surface area contributed by atoms with Crippen LogP contribution in [-0.2, 0) is 9.59 Å². The molecule has 0 saturated carbocycles. The largest absolute Gasteiger partial charge is 0.321 e. The minimum absolute atomic E-state index is 0.286.